The van der Waals surface area contributed by atoms with Crippen molar-refractivity contribution in [2.24, 2.45) is 5.41 Å². The topological polar surface area (TPSA) is 18.5 Å². The molecule has 1 unspecified atom stereocenters. The molecule has 0 saturated heterocycles. The first-order valence-electron chi connectivity index (χ1n) is 5.58. The van der Waals surface area contributed by atoms with Crippen LogP contribution in [0.25, 0.3) is 0 Å². The molecular formula is C13H18Br2O2. The summed E-state index contributed by atoms with van der Waals surface area (Å²) in [5, 5.41) is 0. The van der Waals surface area contributed by atoms with Crippen molar-refractivity contribution in [3.8, 4) is 0 Å². The van der Waals surface area contributed by atoms with Crippen LogP contribution in [0.15, 0.2) is 33.5 Å². The fraction of sp³-hybridized carbons (Fsp3) is 0.538. The van der Waals surface area contributed by atoms with Crippen molar-refractivity contribution in [3.63, 3.8) is 0 Å². The first kappa shape index (κ1) is 15.0. The van der Waals surface area contributed by atoms with Gasteiger partial charge >= 0.3 is 0 Å². The highest BCUT2D eigenvalue weighted by Gasteiger charge is 2.22. The molecule has 0 amide bonds. The Hall–Kier alpha value is -0.0600. The lowest BCUT2D eigenvalue weighted by Crippen LogP contribution is -2.22. The van der Waals surface area contributed by atoms with Gasteiger partial charge < -0.3 is 9.47 Å². The highest BCUT2D eigenvalue weighted by Crippen LogP contribution is 2.29. The second-order valence-electron chi connectivity index (χ2n) is 4.34. The SMILES string of the molecule is COC1=CCC(C)(COCCC=C(Br)Br)C=C1. The molecule has 17 heavy (non-hydrogen) atoms. The molecule has 0 aromatic heterocycles. The van der Waals surface area contributed by atoms with Gasteiger partial charge in [0.25, 0.3) is 0 Å². The van der Waals surface area contributed by atoms with Gasteiger partial charge in [-0.2, -0.15) is 0 Å². The lowest BCUT2D eigenvalue weighted by Gasteiger charge is -2.27. The maximum Gasteiger partial charge on any atom is 0.114 e. The third-order valence-corrected chi connectivity index (χ3v) is 3.30. The monoisotopic (exact) mass is 364 g/mol. The fourth-order valence-electron chi connectivity index (χ4n) is 1.57. The number of methoxy groups -OCH3 is 1. The van der Waals surface area contributed by atoms with Crippen LogP contribution in [0, 0.1) is 5.41 Å². The zero-order valence-corrected chi connectivity index (χ0v) is 13.4. The van der Waals surface area contributed by atoms with Crippen molar-refractivity contribution in [1.29, 1.82) is 0 Å². The highest BCUT2D eigenvalue weighted by atomic mass is 79.9. The molecule has 0 spiro atoms. The van der Waals surface area contributed by atoms with Crippen molar-refractivity contribution in [3.05, 3.63) is 33.5 Å². The van der Waals surface area contributed by atoms with Crippen molar-refractivity contribution in [1.82, 2.24) is 0 Å². The average molecular weight is 366 g/mol. The summed E-state index contributed by atoms with van der Waals surface area (Å²) in [6.45, 7) is 3.68. The first-order chi connectivity index (χ1) is 8.06. The van der Waals surface area contributed by atoms with Crippen molar-refractivity contribution in [2.45, 2.75) is 19.8 Å². The Kier molecular flexibility index (Phi) is 6.52. The summed E-state index contributed by atoms with van der Waals surface area (Å²) in [4.78, 5) is 0. The summed E-state index contributed by atoms with van der Waals surface area (Å²) in [5.74, 6) is 0.939. The van der Waals surface area contributed by atoms with Gasteiger partial charge in [-0.15, -0.1) is 0 Å². The molecule has 1 aliphatic rings. The lowest BCUT2D eigenvalue weighted by molar-refractivity contribution is 0.0786. The van der Waals surface area contributed by atoms with Gasteiger partial charge in [0.15, 0.2) is 0 Å². The zero-order chi connectivity index (χ0) is 12.7. The summed E-state index contributed by atoms with van der Waals surface area (Å²) in [6, 6.07) is 0. The second kappa shape index (κ2) is 7.39. The molecule has 1 atom stereocenters. The van der Waals surface area contributed by atoms with Gasteiger partial charge in [0.2, 0.25) is 0 Å². The van der Waals surface area contributed by atoms with Gasteiger partial charge in [0, 0.05) is 5.41 Å². The molecule has 1 aliphatic carbocycles. The second-order valence-corrected chi connectivity index (χ2v) is 7.11. The minimum absolute atomic E-state index is 0.0946. The van der Waals surface area contributed by atoms with E-state index in [1.165, 1.54) is 0 Å². The summed E-state index contributed by atoms with van der Waals surface area (Å²) in [7, 11) is 1.69. The van der Waals surface area contributed by atoms with Crippen molar-refractivity contribution in [2.75, 3.05) is 20.3 Å². The summed E-state index contributed by atoms with van der Waals surface area (Å²) in [6.07, 6.45) is 10.2. The third kappa shape index (κ3) is 5.89. The molecule has 0 aromatic rings. The molecular weight excluding hydrogens is 348 g/mol. The minimum Gasteiger partial charge on any atom is -0.497 e. The normalized spacial score (nSPS) is 23.2. The Balaban J connectivity index is 2.26. The van der Waals surface area contributed by atoms with Crippen LogP contribution in [0.4, 0.5) is 0 Å². The molecule has 0 bridgehead atoms. The van der Waals surface area contributed by atoms with Crippen LogP contribution in [0.1, 0.15) is 19.8 Å². The summed E-state index contributed by atoms with van der Waals surface area (Å²) >= 11 is 6.64. The molecule has 0 saturated carbocycles. The largest absolute Gasteiger partial charge is 0.497 e. The molecule has 0 heterocycles. The van der Waals surface area contributed by atoms with E-state index in [1.807, 2.05) is 12.2 Å². The van der Waals surface area contributed by atoms with Gasteiger partial charge in [-0.3, -0.25) is 0 Å². The summed E-state index contributed by atoms with van der Waals surface area (Å²) in [5.41, 5.74) is 0.0946. The first-order valence-corrected chi connectivity index (χ1v) is 7.17. The smallest absolute Gasteiger partial charge is 0.114 e. The van der Waals surface area contributed by atoms with E-state index in [0.29, 0.717) is 0 Å². The van der Waals surface area contributed by atoms with E-state index >= 15 is 0 Å². The van der Waals surface area contributed by atoms with Crippen LogP contribution in [0.2, 0.25) is 0 Å². The fourth-order valence-corrected chi connectivity index (χ4v) is 2.03. The molecule has 0 N–H and O–H groups in total. The molecule has 0 aromatic carbocycles. The van der Waals surface area contributed by atoms with E-state index in [-0.39, 0.29) is 5.41 Å². The number of rotatable bonds is 6. The van der Waals surface area contributed by atoms with Gasteiger partial charge in [0.1, 0.15) is 5.76 Å². The van der Waals surface area contributed by atoms with Crippen LogP contribution in [0.3, 0.4) is 0 Å². The Morgan fingerprint density at radius 1 is 1.53 bits per heavy atom. The number of hydrogen-bond donors (Lipinski definition) is 0. The van der Waals surface area contributed by atoms with Gasteiger partial charge in [-0.25, -0.2) is 0 Å². The zero-order valence-electron chi connectivity index (χ0n) is 10.2. The minimum atomic E-state index is 0.0946. The van der Waals surface area contributed by atoms with Gasteiger partial charge in [-0.05, 0) is 56.9 Å². The van der Waals surface area contributed by atoms with E-state index in [4.69, 9.17) is 9.47 Å². The highest BCUT2D eigenvalue weighted by molar-refractivity contribution is 9.28. The molecule has 2 nitrogen and oxygen atoms in total. The van der Waals surface area contributed by atoms with Crippen LogP contribution >= 0.6 is 31.9 Å². The lowest BCUT2D eigenvalue weighted by atomic mass is 9.84. The predicted octanol–water partition coefficient (Wildman–Crippen LogP) is 4.52. The van der Waals surface area contributed by atoms with E-state index < -0.39 is 0 Å². The summed E-state index contributed by atoms with van der Waals surface area (Å²) < 4.78 is 11.8. The third-order valence-electron chi connectivity index (χ3n) is 2.65. The van der Waals surface area contributed by atoms with Crippen molar-refractivity contribution < 1.29 is 9.47 Å². The van der Waals surface area contributed by atoms with Crippen LogP contribution in [0.5, 0.6) is 0 Å². The predicted molar refractivity (Wildman–Crippen MR) is 78.3 cm³/mol. The van der Waals surface area contributed by atoms with Crippen molar-refractivity contribution >= 4 is 31.9 Å². The number of ether oxygens (including phenoxy) is 2. The standard InChI is InChI=1S/C13H18Br2O2/c1-13(7-5-11(16-2)6-8-13)10-17-9-3-4-12(14)15/h4-7H,3,8-10H2,1-2H3. The van der Waals surface area contributed by atoms with Crippen LogP contribution < -0.4 is 0 Å². The maximum absolute atomic E-state index is 5.69. The average Bonchev–Trinajstić information content (AvgIpc) is 2.29. The number of halogens is 2. The van der Waals surface area contributed by atoms with E-state index in [1.54, 1.807) is 7.11 Å². The Bertz CT molecular complexity index is 330. The molecule has 0 fully saturated rings. The quantitative estimate of drug-likeness (QED) is 0.644. The van der Waals surface area contributed by atoms with Gasteiger partial charge in [-0.1, -0.05) is 19.1 Å². The number of hydrogen-bond acceptors (Lipinski definition) is 2. The van der Waals surface area contributed by atoms with Crippen LogP contribution in [-0.4, -0.2) is 20.3 Å². The van der Waals surface area contributed by atoms with E-state index in [0.717, 1.165) is 35.2 Å². The number of allylic oxidation sites excluding steroid dienone is 2. The van der Waals surface area contributed by atoms with Crippen LogP contribution in [-0.2, 0) is 9.47 Å². The van der Waals surface area contributed by atoms with Gasteiger partial charge in [0.05, 0.1) is 23.7 Å². The maximum atomic E-state index is 5.69. The van der Waals surface area contributed by atoms with E-state index in [2.05, 4.69) is 50.9 Å². The van der Waals surface area contributed by atoms with E-state index in [9.17, 15) is 0 Å². The Morgan fingerprint density at radius 3 is 2.82 bits per heavy atom. The molecule has 4 heteroatoms. The molecule has 0 aliphatic heterocycles. The Morgan fingerprint density at radius 2 is 2.29 bits per heavy atom. The Labute approximate surface area is 120 Å². The molecule has 0 radical (unpaired) electrons. The molecule has 1 rings (SSSR count). The molecule has 96 valence electrons.